The summed E-state index contributed by atoms with van der Waals surface area (Å²) in [5.74, 6) is 5.43. The van der Waals surface area contributed by atoms with E-state index in [-0.39, 0.29) is 6.54 Å². The van der Waals surface area contributed by atoms with Crippen molar-refractivity contribution in [2.45, 2.75) is 24.5 Å². The lowest BCUT2D eigenvalue weighted by molar-refractivity contribution is -0.136. The van der Waals surface area contributed by atoms with Crippen LogP contribution in [-0.4, -0.2) is 30.1 Å². The maximum absolute atomic E-state index is 12.8. The zero-order chi connectivity index (χ0) is 17.5. The predicted octanol–water partition coefficient (Wildman–Crippen LogP) is 1.79. The van der Waals surface area contributed by atoms with Gasteiger partial charge >= 0.3 is 0 Å². The molecule has 1 fully saturated rings. The van der Waals surface area contributed by atoms with Crippen LogP contribution in [0.1, 0.15) is 24.0 Å². The standard InChI is InChI=1S/C21H22N2O2/c24-20(23-16-8-7-15-22-19-13-14-19)21(25,17-9-3-1-4-10-17)18-11-5-2-6-12-18/h1-6,9-12,19,22,25H,13-16H2,(H,23,24). The molecule has 0 bridgehead atoms. The molecule has 2 aromatic rings. The van der Waals surface area contributed by atoms with Crippen molar-refractivity contribution in [3.05, 3.63) is 71.8 Å². The number of carbonyl (C=O) groups excluding carboxylic acids is 1. The second-order valence-electron chi connectivity index (χ2n) is 6.13. The lowest BCUT2D eigenvalue weighted by Gasteiger charge is -2.27. The predicted molar refractivity (Wildman–Crippen MR) is 97.7 cm³/mol. The smallest absolute Gasteiger partial charge is 0.262 e. The minimum absolute atomic E-state index is 0.202. The van der Waals surface area contributed by atoms with E-state index in [0.29, 0.717) is 23.7 Å². The normalized spacial score (nSPS) is 13.6. The lowest BCUT2D eigenvalue weighted by Crippen LogP contribution is -2.45. The van der Waals surface area contributed by atoms with Crippen LogP contribution in [0.25, 0.3) is 0 Å². The summed E-state index contributed by atoms with van der Waals surface area (Å²) < 4.78 is 0. The SMILES string of the molecule is O=C(NCC#CCNC1CC1)C(O)(c1ccccc1)c1ccccc1. The van der Waals surface area contributed by atoms with Gasteiger partial charge in [0.2, 0.25) is 0 Å². The van der Waals surface area contributed by atoms with Gasteiger partial charge in [0.05, 0.1) is 13.1 Å². The largest absolute Gasteiger partial charge is 0.372 e. The van der Waals surface area contributed by atoms with Crippen molar-refractivity contribution in [1.29, 1.82) is 0 Å². The molecule has 25 heavy (non-hydrogen) atoms. The van der Waals surface area contributed by atoms with Crippen molar-refractivity contribution >= 4 is 5.91 Å². The second kappa shape index (κ2) is 7.98. The summed E-state index contributed by atoms with van der Waals surface area (Å²) in [6.45, 7) is 0.829. The van der Waals surface area contributed by atoms with Gasteiger partial charge in [-0.15, -0.1) is 0 Å². The Bertz CT molecular complexity index is 719. The number of nitrogens with one attached hydrogen (secondary N) is 2. The van der Waals surface area contributed by atoms with E-state index in [0.717, 1.165) is 0 Å². The maximum atomic E-state index is 12.8. The van der Waals surface area contributed by atoms with E-state index in [1.165, 1.54) is 12.8 Å². The summed E-state index contributed by atoms with van der Waals surface area (Å²) in [5, 5.41) is 17.3. The number of carbonyl (C=O) groups is 1. The maximum Gasteiger partial charge on any atom is 0.262 e. The first-order valence-electron chi connectivity index (χ1n) is 8.52. The Labute approximate surface area is 148 Å². The molecular weight excluding hydrogens is 312 g/mol. The van der Waals surface area contributed by atoms with Crippen LogP contribution < -0.4 is 10.6 Å². The van der Waals surface area contributed by atoms with E-state index in [1.54, 1.807) is 48.5 Å². The molecule has 0 atom stereocenters. The molecule has 3 N–H and O–H groups in total. The van der Waals surface area contributed by atoms with Gasteiger partial charge in [0.25, 0.3) is 5.91 Å². The van der Waals surface area contributed by atoms with Crippen molar-refractivity contribution in [2.24, 2.45) is 0 Å². The highest BCUT2D eigenvalue weighted by Crippen LogP contribution is 2.29. The van der Waals surface area contributed by atoms with Crippen molar-refractivity contribution in [3.8, 4) is 11.8 Å². The van der Waals surface area contributed by atoms with Crippen LogP contribution in [0.4, 0.5) is 0 Å². The highest BCUT2D eigenvalue weighted by Gasteiger charge is 2.39. The van der Waals surface area contributed by atoms with Crippen LogP contribution in [0.15, 0.2) is 60.7 Å². The second-order valence-corrected chi connectivity index (χ2v) is 6.13. The molecule has 3 rings (SSSR count). The Hall–Kier alpha value is -2.61. The molecule has 128 valence electrons. The molecule has 0 aromatic heterocycles. The molecule has 0 heterocycles. The summed E-state index contributed by atoms with van der Waals surface area (Å²) in [6.07, 6.45) is 2.44. The number of rotatable bonds is 6. The summed E-state index contributed by atoms with van der Waals surface area (Å²) in [6, 6.07) is 18.5. The third-order valence-corrected chi connectivity index (χ3v) is 4.23. The Kier molecular flexibility index (Phi) is 5.49. The zero-order valence-electron chi connectivity index (χ0n) is 14.0. The summed E-state index contributed by atoms with van der Waals surface area (Å²) in [5.41, 5.74) is -0.680. The molecule has 0 radical (unpaired) electrons. The monoisotopic (exact) mass is 334 g/mol. The fraction of sp³-hybridized carbons (Fsp3) is 0.286. The van der Waals surface area contributed by atoms with E-state index in [1.807, 2.05) is 12.1 Å². The number of hydrogen-bond donors (Lipinski definition) is 3. The van der Waals surface area contributed by atoms with Gasteiger partial charge in [-0.2, -0.15) is 0 Å². The van der Waals surface area contributed by atoms with Gasteiger partial charge in [-0.05, 0) is 24.0 Å². The van der Waals surface area contributed by atoms with Crippen molar-refractivity contribution in [2.75, 3.05) is 13.1 Å². The van der Waals surface area contributed by atoms with Crippen molar-refractivity contribution in [3.63, 3.8) is 0 Å². The topological polar surface area (TPSA) is 61.4 Å². The molecule has 1 amide bonds. The van der Waals surface area contributed by atoms with Crippen LogP contribution in [0.5, 0.6) is 0 Å². The summed E-state index contributed by atoms with van der Waals surface area (Å²) in [4.78, 5) is 12.8. The minimum Gasteiger partial charge on any atom is -0.372 e. The van der Waals surface area contributed by atoms with Gasteiger partial charge in [0.1, 0.15) is 0 Å². The van der Waals surface area contributed by atoms with E-state index in [9.17, 15) is 9.90 Å². The minimum atomic E-state index is -1.74. The van der Waals surface area contributed by atoms with Gasteiger partial charge in [-0.3, -0.25) is 4.79 Å². The molecule has 1 aliphatic carbocycles. The number of benzene rings is 2. The molecule has 0 saturated heterocycles. The fourth-order valence-electron chi connectivity index (χ4n) is 2.65. The van der Waals surface area contributed by atoms with E-state index < -0.39 is 11.5 Å². The average Bonchev–Trinajstić information content (AvgIpc) is 3.49. The summed E-state index contributed by atoms with van der Waals surface area (Å²) in [7, 11) is 0. The molecule has 1 aliphatic rings. The van der Waals surface area contributed by atoms with Gasteiger partial charge in [-0.1, -0.05) is 72.5 Å². The molecule has 4 nitrogen and oxygen atoms in total. The molecule has 1 saturated carbocycles. The molecule has 2 aromatic carbocycles. The fourth-order valence-corrected chi connectivity index (χ4v) is 2.65. The van der Waals surface area contributed by atoms with E-state index >= 15 is 0 Å². The molecule has 0 spiro atoms. The van der Waals surface area contributed by atoms with Crippen LogP contribution in [0, 0.1) is 11.8 Å². The average molecular weight is 334 g/mol. The first kappa shape index (κ1) is 17.2. The molecule has 0 aliphatic heterocycles. The van der Waals surface area contributed by atoms with E-state index in [4.69, 9.17) is 0 Å². The zero-order valence-corrected chi connectivity index (χ0v) is 14.0. The van der Waals surface area contributed by atoms with Gasteiger partial charge in [0, 0.05) is 6.04 Å². The third-order valence-electron chi connectivity index (χ3n) is 4.23. The Morgan fingerprint density at radius 1 is 0.960 bits per heavy atom. The lowest BCUT2D eigenvalue weighted by atomic mass is 9.85. The van der Waals surface area contributed by atoms with Crippen LogP contribution >= 0.6 is 0 Å². The van der Waals surface area contributed by atoms with E-state index in [2.05, 4.69) is 22.5 Å². The van der Waals surface area contributed by atoms with Gasteiger partial charge in [0.15, 0.2) is 5.60 Å². The highest BCUT2D eigenvalue weighted by atomic mass is 16.3. The van der Waals surface area contributed by atoms with Crippen LogP contribution in [0.3, 0.4) is 0 Å². The molecule has 0 unspecified atom stereocenters. The van der Waals surface area contributed by atoms with Crippen LogP contribution in [0.2, 0.25) is 0 Å². The third kappa shape index (κ3) is 4.27. The Morgan fingerprint density at radius 2 is 1.48 bits per heavy atom. The van der Waals surface area contributed by atoms with Gasteiger partial charge in [-0.25, -0.2) is 0 Å². The van der Waals surface area contributed by atoms with Crippen molar-refractivity contribution in [1.82, 2.24) is 10.6 Å². The Morgan fingerprint density at radius 3 is 2.00 bits per heavy atom. The molecular formula is C21H22N2O2. The highest BCUT2D eigenvalue weighted by molar-refractivity contribution is 5.90. The first-order chi connectivity index (χ1) is 12.2. The van der Waals surface area contributed by atoms with Crippen LogP contribution in [-0.2, 0) is 10.4 Å². The first-order valence-corrected chi connectivity index (χ1v) is 8.52. The summed E-state index contributed by atoms with van der Waals surface area (Å²) >= 11 is 0. The van der Waals surface area contributed by atoms with Crippen molar-refractivity contribution < 1.29 is 9.90 Å². The number of hydrogen-bond acceptors (Lipinski definition) is 3. The quantitative estimate of drug-likeness (QED) is 0.706. The number of amides is 1. The Balaban J connectivity index is 1.71. The molecule has 4 heteroatoms. The number of aliphatic hydroxyl groups is 1. The van der Waals surface area contributed by atoms with Gasteiger partial charge < -0.3 is 15.7 Å².